The van der Waals surface area contributed by atoms with Crippen molar-refractivity contribution in [2.45, 2.75) is 39.7 Å². The van der Waals surface area contributed by atoms with E-state index in [0.29, 0.717) is 49.5 Å². The second-order valence-electron chi connectivity index (χ2n) is 8.09. The zero-order valence-corrected chi connectivity index (χ0v) is 18.1. The Balaban J connectivity index is 1.65. The van der Waals surface area contributed by atoms with Gasteiger partial charge in [-0.05, 0) is 37.0 Å². The van der Waals surface area contributed by atoms with Crippen molar-refractivity contribution in [3.05, 3.63) is 39.7 Å². The summed E-state index contributed by atoms with van der Waals surface area (Å²) in [4.78, 5) is 29.2. The van der Waals surface area contributed by atoms with E-state index < -0.39 is 5.63 Å². The molecule has 1 aromatic carbocycles. The topological polar surface area (TPSA) is 86.8 Å². The van der Waals surface area contributed by atoms with Gasteiger partial charge in [0.05, 0.1) is 13.2 Å². The van der Waals surface area contributed by atoms with Crippen LogP contribution in [-0.2, 0) is 11.2 Å². The Morgan fingerprint density at radius 3 is 2.57 bits per heavy atom. The number of hydrogen-bond donors (Lipinski definition) is 0. The molecule has 30 heavy (non-hydrogen) atoms. The van der Waals surface area contributed by atoms with Crippen molar-refractivity contribution in [3.63, 3.8) is 0 Å². The molecule has 7 nitrogen and oxygen atoms in total. The van der Waals surface area contributed by atoms with E-state index in [9.17, 15) is 14.9 Å². The average molecular weight is 412 g/mol. The number of aryl methyl sites for hydroxylation is 1. The van der Waals surface area contributed by atoms with Gasteiger partial charge in [0.2, 0.25) is 5.91 Å². The van der Waals surface area contributed by atoms with Crippen LogP contribution in [0.25, 0.3) is 11.0 Å². The molecule has 2 heterocycles. The first-order chi connectivity index (χ1) is 14.3. The van der Waals surface area contributed by atoms with E-state index in [2.05, 4.69) is 11.0 Å². The number of rotatable bonds is 6. The van der Waals surface area contributed by atoms with E-state index >= 15 is 0 Å². The van der Waals surface area contributed by atoms with Gasteiger partial charge >= 0.3 is 5.63 Å². The maximum Gasteiger partial charge on any atom is 0.339 e. The molecule has 0 spiro atoms. The molecule has 0 N–H and O–H groups in total. The third-order valence-electron chi connectivity index (χ3n) is 5.91. The molecule has 3 rings (SSSR count). The summed E-state index contributed by atoms with van der Waals surface area (Å²) >= 11 is 0. The highest BCUT2D eigenvalue weighted by molar-refractivity contribution is 5.82. The van der Waals surface area contributed by atoms with Gasteiger partial charge in [0.1, 0.15) is 17.4 Å². The molecule has 1 unspecified atom stereocenters. The number of fused-ring (bicyclic) bond motifs is 1. The molecule has 1 aromatic heterocycles. The van der Waals surface area contributed by atoms with Crippen LogP contribution in [0.3, 0.4) is 0 Å². The number of carbonyl (C=O) groups is 1. The quantitative estimate of drug-likeness (QED) is 0.680. The van der Waals surface area contributed by atoms with Gasteiger partial charge < -0.3 is 14.1 Å². The lowest BCUT2D eigenvalue weighted by Gasteiger charge is -2.38. The average Bonchev–Trinajstić information content (AvgIpc) is 2.73. The first-order valence-electron chi connectivity index (χ1n) is 10.4. The molecule has 160 valence electrons. The minimum Gasteiger partial charge on any atom is -0.497 e. The van der Waals surface area contributed by atoms with E-state index in [1.165, 1.54) is 0 Å². The molecule has 1 atom stereocenters. The molecule has 0 saturated carbocycles. The lowest BCUT2D eigenvalue weighted by Crippen LogP contribution is -2.52. The third kappa shape index (κ3) is 4.49. The van der Waals surface area contributed by atoms with Gasteiger partial charge in [0.15, 0.2) is 0 Å². The molecule has 7 heteroatoms. The maximum absolute atomic E-state index is 12.7. The number of piperazine rings is 1. The predicted octanol–water partition coefficient (Wildman–Crippen LogP) is 2.74. The van der Waals surface area contributed by atoms with Gasteiger partial charge in [0, 0.05) is 49.6 Å². The Kier molecular flexibility index (Phi) is 6.78. The standard InChI is InChI=1S/C23H29N3O4/c1-15(2)20(14-24)25-9-11-26(12-10-25)22(27)8-7-19-16(3)18-6-5-17(29-4)13-21(18)30-23(19)28/h5-6,13,15,20H,7-12H2,1-4H3. The summed E-state index contributed by atoms with van der Waals surface area (Å²) in [6, 6.07) is 7.65. The van der Waals surface area contributed by atoms with Crippen molar-refractivity contribution in [3.8, 4) is 11.8 Å². The highest BCUT2D eigenvalue weighted by Crippen LogP contribution is 2.24. The van der Waals surface area contributed by atoms with Crippen LogP contribution < -0.4 is 10.4 Å². The fourth-order valence-electron chi connectivity index (χ4n) is 4.08. The Bertz CT molecular complexity index is 1010. The van der Waals surface area contributed by atoms with Gasteiger partial charge in [-0.2, -0.15) is 5.26 Å². The maximum atomic E-state index is 12.7. The smallest absolute Gasteiger partial charge is 0.339 e. The van der Waals surface area contributed by atoms with Crippen molar-refractivity contribution in [1.82, 2.24) is 9.80 Å². The lowest BCUT2D eigenvalue weighted by molar-refractivity contribution is -0.133. The van der Waals surface area contributed by atoms with Crippen LogP contribution >= 0.6 is 0 Å². The third-order valence-corrected chi connectivity index (χ3v) is 5.91. The second-order valence-corrected chi connectivity index (χ2v) is 8.09. The van der Waals surface area contributed by atoms with Gasteiger partial charge in [-0.25, -0.2) is 4.79 Å². The molecule has 1 fully saturated rings. The zero-order chi connectivity index (χ0) is 21.8. The van der Waals surface area contributed by atoms with Gasteiger partial charge in [-0.3, -0.25) is 9.69 Å². The molecule has 0 bridgehead atoms. The first-order valence-corrected chi connectivity index (χ1v) is 10.4. The molecular formula is C23H29N3O4. The number of hydrogen-bond acceptors (Lipinski definition) is 6. The Labute approximate surface area is 176 Å². The molecule has 1 amide bonds. The highest BCUT2D eigenvalue weighted by Gasteiger charge is 2.27. The molecule has 1 aliphatic rings. The summed E-state index contributed by atoms with van der Waals surface area (Å²) in [5.74, 6) is 0.914. The van der Waals surface area contributed by atoms with Crippen LogP contribution in [0.15, 0.2) is 27.4 Å². The van der Waals surface area contributed by atoms with Crippen molar-refractivity contribution in [2.24, 2.45) is 5.92 Å². The summed E-state index contributed by atoms with van der Waals surface area (Å²) in [5, 5.41) is 10.2. The molecular weight excluding hydrogens is 382 g/mol. The summed E-state index contributed by atoms with van der Waals surface area (Å²) in [7, 11) is 1.56. The molecule has 0 radical (unpaired) electrons. The van der Waals surface area contributed by atoms with E-state index in [1.54, 1.807) is 13.2 Å². The number of methoxy groups -OCH3 is 1. The van der Waals surface area contributed by atoms with Crippen LogP contribution in [0, 0.1) is 24.2 Å². The van der Waals surface area contributed by atoms with Crippen LogP contribution in [0.5, 0.6) is 5.75 Å². The predicted molar refractivity (Wildman–Crippen MR) is 114 cm³/mol. The van der Waals surface area contributed by atoms with Gasteiger partial charge in [-0.15, -0.1) is 0 Å². The Hall–Kier alpha value is -2.85. The largest absolute Gasteiger partial charge is 0.497 e. The SMILES string of the molecule is COc1ccc2c(C)c(CCC(=O)N3CCN(C(C#N)C(C)C)CC3)c(=O)oc2c1. The number of nitrogens with zero attached hydrogens (tertiary/aromatic N) is 3. The van der Waals surface area contributed by atoms with E-state index in [4.69, 9.17) is 9.15 Å². The zero-order valence-electron chi connectivity index (χ0n) is 18.1. The second kappa shape index (κ2) is 9.31. The highest BCUT2D eigenvalue weighted by atomic mass is 16.5. The normalized spacial score (nSPS) is 15.9. The molecule has 1 saturated heterocycles. The molecule has 2 aromatic rings. The van der Waals surface area contributed by atoms with Crippen LogP contribution in [0.1, 0.15) is 31.4 Å². The minimum absolute atomic E-state index is 0.0290. The Morgan fingerprint density at radius 1 is 1.27 bits per heavy atom. The number of benzene rings is 1. The molecule has 1 aliphatic heterocycles. The first kappa shape index (κ1) is 21.8. The minimum atomic E-state index is -0.403. The van der Waals surface area contributed by atoms with Crippen LogP contribution in [-0.4, -0.2) is 55.0 Å². The van der Waals surface area contributed by atoms with Crippen LogP contribution in [0.2, 0.25) is 0 Å². The van der Waals surface area contributed by atoms with Gasteiger partial charge in [0.25, 0.3) is 0 Å². The summed E-state index contributed by atoms with van der Waals surface area (Å²) < 4.78 is 10.7. The van der Waals surface area contributed by atoms with E-state index in [-0.39, 0.29) is 24.3 Å². The fourth-order valence-corrected chi connectivity index (χ4v) is 4.08. The number of nitriles is 1. The van der Waals surface area contributed by atoms with Crippen molar-refractivity contribution < 1.29 is 13.9 Å². The van der Waals surface area contributed by atoms with Crippen molar-refractivity contribution >= 4 is 16.9 Å². The number of amides is 1. The van der Waals surface area contributed by atoms with E-state index in [1.807, 2.05) is 37.8 Å². The number of ether oxygens (including phenoxy) is 1. The molecule has 0 aliphatic carbocycles. The van der Waals surface area contributed by atoms with Crippen LogP contribution in [0.4, 0.5) is 0 Å². The lowest BCUT2D eigenvalue weighted by atomic mass is 10.0. The summed E-state index contributed by atoms with van der Waals surface area (Å²) in [5.41, 5.74) is 1.47. The fraction of sp³-hybridized carbons (Fsp3) is 0.522. The Morgan fingerprint density at radius 2 is 1.97 bits per heavy atom. The number of carbonyl (C=O) groups excluding carboxylic acids is 1. The monoisotopic (exact) mass is 411 g/mol. The van der Waals surface area contributed by atoms with E-state index in [0.717, 1.165) is 10.9 Å². The van der Waals surface area contributed by atoms with Crippen molar-refractivity contribution in [1.29, 1.82) is 5.26 Å². The van der Waals surface area contributed by atoms with Gasteiger partial charge in [-0.1, -0.05) is 13.8 Å². The summed E-state index contributed by atoms with van der Waals surface area (Å²) in [6.45, 7) is 8.57. The summed E-state index contributed by atoms with van der Waals surface area (Å²) in [6.07, 6.45) is 0.612. The van der Waals surface area contributed by atoms with Crippen molar-refractivity contribution in [2.75, 3.05) is 33.3 Å².